The van der Waals surface area contributed by atoms with Crippen LogP contribution in [-0.4, -0.2) is 64.2 Å². The maximum atomic E-state index is 13.1. The largest absolute Gasteiger partial charge is 0.489 e. The number of aliphatic hydroxyl groups excluding tert-OH is 1. The van der Waals surface area contributed by atoms with Crippen LogP contribution in [0.1, 0.15) is 47.2 Å². The number of aromatic nitrogens is 1. The highest BCUT2D eigenvalue weighted by Gasteiger charge is 2.27. The summed E-state index contributed by atoms with van der Waals surface area (Å²) < 4.78 is 6.33. The zero-order chi connectivity index (χ0) is 20.9. The smallest absolute Gasteiger partial charge is 0.257 e. The molecule has 30 heavy (non-hydrogen) atoms. The zero-order valence-corrected chi connectivity index (χ0v) is 17.7. The van der Waals surface area contributed by atoms with Crippen LogP contribution in [0.4, 0.5) is 0 Å². The molecule has 4 rings (SSSR count). The molecule has 1 amide bonds. The molecule has 2 aromatic rings. The molecule has 3 heterocycles. The molecule has 160 valence electrons. The second-order valence-corrected chi connectivity index (χ2v) is 8.50. The van der Waals surface area contributed by atoms with Crippen LogP contribution in [0, 0.1) is 6.92 Å². The van der Waals surface area contributed by atoms with E-state index in [2.05, 4.69) is 22.0 Å². The highest BCUT2D eigenvalue weighted by molar-refractivity contribution is 5.97. The lowest BCUT2D eigenvalue weighted by atomic mass is 10.0. The summed E-state index contributed by atoms with van der Waals surface area (Å²) in [6, 6.07) is 9.95. The molecular weight excluding hydrogens is 378 g/mol. The molecule has 1 aromatic carbocycles. The van der Waals surface area contributed by atoms with E-state index in [9.17, 15) is 9.90 Å². The van der Waals surface area contributed by atoms with Gasteiger partial charge < -0.3 is 14.7 Å². The van der Waals surface area contributed by atoms with Gasteiger partial charge in [-0.3, -0.25) is 14.7 Å². The number of β-amino-alcohol motifs (C(OH)–C–C–N with tert-alkyl or cyclic N) is 1. The van der Waals surface area contributed by atoms with Crippen molar-refractivity contribution in [3.8, 4) is 5.75 Å². The summed E-state index contributed by atoms with van der Waals surface area (Å²) in [6.07, 6.45) is 6.83. The number of aliphatic hydroxyl groups is 1. The van der Waals surface area contributed by atoms with E-state index in [0.717, 1.165) is 50.9 Å². The number of hydrogen-bond acceptors (Lipinski definition) is 5. The Bertz CT molecular complexity index is 850. The average molecular weight is 410 g/mol. The standard InChI is InChI=1S/C24H31N3O3/c1-18-4-5-23(22(15-18)24(29)27-12-2-3-20(28)17-27)30-21-8-13-26(14-9-21)16-19-6-10-25-11-7-19/h4-7,10-11,15,20-21,28H,2-3,8-9,12-14,16-17H2,1H3/t20-/m0/s1. The Kier molecular flexibility index (Phi) is 6.65. The van der Waals surface area contributed by atoms with Gasteiger partial charge in [0.25, 0.3) is 5.91 Å². The van der Waals surface area contributed by atoms with Crippen molar-refractivity contribution in [2.24, 2.45) is 0 Å². The van der Waals surface area contributed by atoms with Crippen molar-refractivity contribution in [3.05, 3.63) is 59.4 Å². The van der Waals surface area contributed by atoms with Crippen LogP contribution in [0.2, 0.25) is 0 Å². The highest BCUT2D eigenvalue weighted by Crippen LogP contribution is 2.27. The lowest BCUT2D eigenvalue weighted by Crippen LogP contribution is -2.42. The summed E-state index contributed by atoms with van der Waals surface area (Å²) in [6.45, 7) is 5.96. The zero-order valence-electron chi connectivity index (χ0n) is 17.7. The maximum absolute atomic E-state index is 13.1. The third-order valence-corrected chi connectivity index (χ3v) is 6.03. The van der Waals surface area contributed by atoms with Crippen LogP contribution in [0.3, 0.4) is 0 Å². The summed E-state index contributed by atoms with van der Waals surface area (Å²) in [4.78, 5) is 21.4. The lowest BCUT2D eigenvalue weighted by Gasteiger charge is -2.33. The topological polar surface area (TPSA) is 65.9 Å². The number of ether oxygens (including phenoxy) is 1. The van der Waals surface area contributed by atoms with Crippen LogP contribution >= 0.6 is 0 Å². The Hall–Kier alpha value is -2.44. The molecule has 2 aliphatic rings. The van der Waals surface area contributed by atoms with Crippen molar-refractivity contribution in [1.82, 2.24) is 14.8 Å². The molecule has 2 fully saturated rings. The number of benzene rings is 1. The van der Waals surface area contributed by atoms with Crippen molar-refractivity contribution < 1.29 is 14.6 Å². The first-order chi connectivity index (χ1) is 14.6. The molecule has 0 saturated carbocycles. The fourth-order valence-electron chi connectivity index (χ4n) is 4.33. The van der Waals surface area contributed by atoms with Gasteiger partial charge in [-0.05, 0) is 62.4 Å². The van der Waals surface area contributed by atoms with Crippen LogP contribution < -0.4 is 4.74 Å². The molecule has 0 aliphatic carbocycles. The first-order valence-electron chi connectivity index (χ1n) is 10.9. The minimum absolute atomic E-state index is 0.0393. The van der Waals surface area contributed by atoms with Crippen LogP contribution in [0.15, 0.2) is 42.7 Å². The first-order valence-corrected chi connectivity index (χ1v) is 10.9. The summed E-state index contributed by atoms with van der Waals surface area (Å²) in [5.74, 6) is 0.626. The number of pyridine rings is 1. The number of amides is 1. The number of hydrogen-bond donors (Lipinski definition) is 1. The van der Waals surface area contributed by atoms with Crippen LogP contribution in [-0.2, 0) is 6.54 Å². The van der Waals surface area contributed by atoms with E-state index in [0.29, 0.717) is 24.4 Å². The molecule has 2 saturated heterocycles. The molecule has 1 N–H and O–H groups in total. The van der Waals surface area contributed by atoms with Gasteiger partial charge in [0.15, 0.2) is 0 Å². The normalized spacial score (nSPS) is 20.9. The quantitative estimate of drug-likeness (QED) is 0.822. The molecule has 1 aromatic heterocycles. The van der Waals surface area contributed by atoms with E-state index in [1.165, 1.54) is 5.56 Å². The third-order valence-electron chi connectivity index (χ3n) is 6.03. The molecule has 6 heteroatoms. The van der Waals surface area contributed by atoms with Gasteiger partial charge >= 0.3 is 0 Å². The van der Waals surface area contributed by atoms with E-state index >= 15 is 0 Å². The second-order valence-electron chi connectivity index (χ2n) is 8.50. The predicted octanol–water partition coefficient (Wildman–Crippen LogP) is 3.03. The van der Waals surface area contributed by atoms with E-state index in [1.54, 1.807) is 4.90 Å². The first kappa shape index (κ1) is 20.8. The van der Waals surface area contributed by atoms with E-state index < -0.39 is 6.10 Å². The number of piperidine rings is 2. The number of carbonyl (C=O) groups excluding carboxylic acids is 1. The minimum Gasteiger partial charge on any atom is -0.489 e. The monoisotopic (exact) mass is 409 g/mol. The Labute approximate surface area is 178 Å². The third kappa shape index (κ3) is 5.18. The van der Waals surface area contributed by atoms with Gasteiger partial charge in [0.2, 0.25) is 0 Å². The lowest BCUT2D eigenvalue weighted by molar-refractivity contribution is 0.0463. The summed E-state index contributed by atoms with van der Waals surface area (Å²) in [7, 11) is 0. The molecule has 1 atom stereocenters. The van der Waals surface area contributed by atoms with Crippen molar-refractivity contribution in [2.45, 2.75) is 51.4 Å². The molecular formula is C24H31N3O3. The molecule has 6 nitrogen and oxygen atoms in total. The number of rotatable bonds is 5. The van der Waals surface area contributed by atoms with Gasteiger partial charge in [0.1, 0.15) is 11.9 Å². The number of aryl methyl sites for hydroxylation is 1. The van der Waals surface area contributed by atoms with Crippen molar-refractivity contribution >= 4 is 5.91 Å². The van der Waals surface area contributed by atoms with Gasteiger partial charge in [-0.1, -0.05) is 11.6 Å². The maximum Gasteiger partial charge on any atom is 0.257 e. The second kappa shape index (κ2) is 9.58. The SMILES string of the molecule is Cc1ccc(OC2CCN(Cc3ccncc3)CC2)c(C(=O)N2CCC[C@H](O)C2)c1. The average Bonchev–Trinajstić information content (AvgIpc) is 2.76. The number of carbonyl (C=O) groups is 1. The minimum atomic E-state index is -0.429. The van der Waals surface area contributed by atoms with Crippen molar-refractivity contribution in [1.29, 1.82) is 0 Å². The van der Waals surface area contributed by atoms with Crippen molar-refractivity contribution in [2.75, 3.05) is 26.2 Å². The molecule has 0 unspecified atom stereocenters. The van der Waals surface area contributed by atoms with Gasteiger partial charge in [-0.2, -0.15) is 0 Å². The Morgan fingerprint density at radius 1 is 1.13 bits per heavy atom. The van der Waals surface area contributed by atoms with E-state index in [-0.39, 0.29) is 12.0 Å². The molecule has 0 bridgehead atoms. The summed E-state index contributed by atoms with van der Waals surface area (Å²) in [5.41, 5.74) is 2.93. The van der Waals surface area contributed by atoms with E-state index in [4.69, 9.17) is 4.74 Å². The molecule has 2 aliphatic heterocycles. The van der Waals surface area contributed by atoms with Crippen LogP contribution in [0.5, 0.6) is 5.75 Å². The Balaban J connectivity index is 1.38. The fraction of sp³-hybridized carbons (Fsp3) is 0.500. The molecule has 0 spiro atoms. The number of nitrogens with zero attached hydrogens (tertiary/aromatic N) is 3. The van der Waals surface area contributed by atoms with Gasteiger partial charge in [-0.15, -0.1) is 0 Å². The van der Waals surface area contributed by atoms with Gasteiger partial charge in [-0.25, -0.2) is 0 Å². The Morgan fingerprint density at radius 3 is 2.63 bits per heavy atom. The Morgan fingerprint density at radius 2 is 1.90 bits per heavy atom. The van der Waals surface area contributed by atoms with Gasteiger partial charge in [0.05, 0.1) is 11.7 Å². The van der Waals surface area contributed by atoms with E-state index in [1.807, 2.05) is 37.5 Å². The molecule has 0 radical (unpaired) electrons. The fourth-order valence-corrected chi connectivity index (χ4v) is 4.33. The van der Waals surface area contributed by atoms with Crippen molar-refractivity contribution in [3.63, 3.8) is 0 Å². The predicted molar refractivity (Wildman–Crippen MR) is 115 cm³/mol. The summed E-state index contributed by atoms with van der Waals surface area (Å²) in [5, 5.41) is 9.96. The number of likely N-dealkylation sites (tertiary alicyclic amines) is 2. The van der Waals surface area contributed by atoms with Gasteiger partial charge in [0, 0.05) is 45.1 Å². The highest BCUT2D eigenvalue weighted by atomic mass is 16.5. The summed E-state index contributed by atoms with van der Waals surface area (Å²) >= 11 is 0. The van der Waals surface area contributed by atoms with Crippen LogP contribution in [0.25, 0.3) is 0 Å².